The molecule has 2 rings (SSSR count). The summed E-state index contributed by atoms with van der Waals surface area (Å²) in [7, 11) is 0. The minimum absolute atomic E-state index is 0.0166. The van der Waals surface area contributed by atoms with Gasteiger partial charge in [0.15, 0.2) is 0 Å². The number of piperidine rings is 1. The summed E-state index contributed by atoms with van der Waals surface area (Å²) >= 11 is 0. The van der Waals surface area contributed by atoms with Gasteiger partial charge < -0.3 is 10.6 Å². The maximum absolute atomic E-state index is 11.8. The second kappa shape index (κ2) is 5.38. The number of amides is 2. The Hall–Kier alpha value is -1.98. The highest BCUT2D eigenvalue weighted by Gasteiger charge is 2.23. The molecule has 1 aliphatic heterocycles. The molecule has 0 radical (unpaired) electrons. The summed E-state index contributed by atoms with van der Waals surface area (Å²) in [4.78, 5) is 22.7. The molecule has 1 atom stereocenters. The van der Waals surface area contributed by atoms with Crippen molar-refractivity contribution in [1.29, 1.82) is 0 Å². The second-order valence-corrected chi connectivity index (χ2v) is 3.97. The maximum atomic E-state index is 11.8. The van der Waals surface area contributed by atoms with Gasteiger partial charge in [-0.15, -0.1) is 0 Å². The molecular weight excluding hydrogens is 220 g/mol. The third kappa shape index (κ3) is 3.24. The molecule has 1 aliphatic rings. The highest BCUT2D eigenvalue weighted by atomic mass is 16.2. The lowest BCUT2D eigenvalue weighted by atomic mass is 9.98. The molecule has 1 unspecified atom stereocenters. The summed E-state index contributed by atoms with van der Waals surface area (Å²) in [5.74, 6) is -0.164. The number of rotatable bonds is 3. The standard InChI is InChI=1S/C11H14N4O2/c16-10-4-3-8(6-12-10)11(17)13-7-9-2-1-5-14-15-9/h1-2,5,8H,3-4,6-7H2,(H,12,16)(H,13,17). The minimum Gasteiger partial charge on any atom is -0.355 e. The van der Waals surface area contributed by atoms with Crippen molar-refractivity contribution < 1.29 is 9.59 Å². The lowest BCUT2D eigenvalue weighted by Crippen LogP contribution is -2.42. The van der Waals surface area contributed by atoms with E-state index in [0.717, 1.165) is 5.69 Å². The van der Waals surface area contributed by atoms with Crippen molar-refractivity contribution in [1.82, 2.24) is 20.8 Å². The van der Waals surface area contributed by atoms with Gasteiger partial charge in [-0.2, -0.15) is 10.2 Å². The maximum Gasteiger partial charge on any atom is 0.225 e. The molecule has 6 nitrogen and oxygen atoms in total. The van der Waals surface area contributed by atoms with Crippen molar-refractivity contribution in [3.8, 4) is 0 Å². The Morgan fingerprint density at radius 3 is 3.12 bits per heavy atom. The average Bonchev–Trinajstić information content (AvgIpc) is 2.38. The number of hydrogen-bond donors (Lipinski definition) is 2. The number of nitrogens with one attached hydrogen (secondary N) is 2. The molecule has 0 bridgehead atoms. The molecule has 1 aromatic rings. The van der Waals surface area contributed by atoms with Gasteiger partial charge in [-0.25, -0.2) is 0 Å². The largest absolute Gasteiger partial charge is 0.355 e. The van der Waals surface area contributed by atoms with Gasteiger partial charge in [0.2, 0.25) is 11.8 Å². The van der Waals surface area contributed by atoms with Crippen molar-refractivity contribution in [3.63, 3.8) is 0 Å². The van der Waals surface area contributed by atoms with Gasteiger partial charge in [0.05, 0.1) is 18.2 Å². The lowest BCUT2D eigenvalue weighted by Gasteiger charge is -2.21. The number of hydrogen-bond acceptors (Lipinski definition) is 4. The summed E-state index contributed by atoms with van der Waals surface area (Å²) in [6, 6.07) is 3.57. The van der Waals surface area contributed by atoms with E-state index in [1.165, 1.54) is 0 Å². The fraction of sp³-hybridized carbons (Fsp3) is 0.455. The Balaban J connectivity index is 1.80. The molecule has 0 saturated carbocycles. The van der Waals surface area contributed by atoms with E-state index in [9.17, 15) is 9.59 Å². The molecule has 1 aromatic heterocycles. The fourth-order valence-electron chi connectivity index (χ4n) is 1.71. The van der Waals surface area contributed by atoms with Gasteiger partial charge in [0.25, 0.3) is 0 Å². The Kier molecular flexibility index (Phi) is 3.64. The van der Waals surface area contributed by atoms with Crippen molar-refractivity contribution >= 4 is 11.8 Å². The van der Waals surface area contributed by atoms with Gasteiger partial charge in [0.1, 0.15) is 0 Å². The predicted molar refractivity (Wildman–Crippen MR) is 59.6 cm³/mol. The molecular formula is C11H14N4O2. The predicted octanol–water partition coefficient (Wildman–Crippen LogP) is -0.381. The van der Waals surface area contributed by atoms with Crippen LogP contribution in [0.15, 0.2) is 18.3 Å². The van der Waals surface area contributed by atoms with Crippen LogP contribution < -0.4 is 10.6 Å². The van der Waals surface area contributed by atoms with E-state index >= 15 is 0 Å². The van der Waals surface area contributed by atoms with Crippen LogP contribution in [0.4, 0.5) is 0 Å². The average molecular weight is 234 g/mol. The summed E-state index contributed by atoms with van der Waals surface area (Å²) in [6.45, 7) is 0.794. The zero-order chi connectivity index (χ0) is 12.1. The van der Waals surface area contributed by atoms with Crippen molar-refractivity contribution in [2.45, 2.75) is 19.4 Å². The first-order valence-electron chi connectivity index (χ1n) is 5.56. The first kappa shape index (κ1) is 11.5. The molecule has 0 aromatic carbocycles. The minimum atomic E-state index is -0.135. The molecule has 0 spiro atoms. The van der Waals surface area contributed by atoms with E-state index in [0.29, 0.717) is 25.9 Å². The van der Waals surface area contributed by atoms with Gasteiger partial charge in [-0.3, -0.25) is 9.59 Å². The first-order chi connectivity index (χ1) is 8.25. The Labute approximate surface area is 98.8 Å². The Bertz CT molecular complexity index is 397. The summed E-state index contributed by atoms with van der Waals surface area (Å²) in [5.41, 5.74) is 0.723. The van der Waals surface area contributed by atoms with E-state index in [1.807, 2.05) is 0 Å². The van der Waals surface area contributed by atoms with Crippen LogP contribution in [0.2, 0.25) is 0 Å². The van der Waals surface area contributed by atoms with Crippen molar-refractivity contribution in [2.75, 3.05) is 6.54 Å². The second-order valence-electron chi connectivity index (χ2n) is 3.97. The first-order valence-corrected chi connectivity index (χ1v) is 5.56. The molecule has 1 fully saturated rings. The van der Waals surface area contributed by atoms with E-state index in [4.69, 9.17) is 0 Å². The Morgan fingerprint density at radius 1 is 1.59 bits per heavy atom. The van der Waals surface area contributed by atoms with Crippen LogP contribution in [-0.4, -0.2) is 28.6 Å². The van der Waals surface area contributed by atoms with E-state index in [2.05, 4.69) is 20.8 Å². The van der Waals surface area contributed by atoms with Crippen LogP contribution in [-0.2, 0) is 16.1 Å². The molecule has 0 aliphatic carbocycles. The van der Waals surface area contributed by atoms with Gasteiger partial charge in [0, 0.05) is 19.2 Å². The van der Waals surface area contributed by atoms with E-state index in [-0.39, 0.29) is 17.7 Å². The third-order valence-electron chi connectivity index (χ3n) is 2.71. The SMILES string of the molecule is O=C1CCC(C(=O)NCc2cccnn2)CN1. The van der Waals surface area contributed by atoms with Crippen LogP contribution in [0, 0.1) is 5.92 Å². The van der Waals surface area contributed by atoms with Crippen LogP contribution in [0.1, 0.15) is 18.5 Å². The van der Waals surface area contributed by atoms with Crippen LogP contribution in [0.3, 0.4) is 0 Å². The highest BCUT2D eigenvalue weighted by molar-refractivity contribution is 5.83. The van der Waals surface area contributed by atoms with Crippen molar-refractivity contribution in [3.05, 3.63) is 24.0 Å². The van der Waals surface area contributed by atoms with Crippen LogP contribution in [0.5, 0.6) is 0 Å². The number of nitrogens with zero attached hydrogens (tertiary/aromatic N) is 2. The van der Waals surface area contributed by atoms with Gasteiger partial charge >= 0.3 is 0 Å². The topological polar surface area (TPSA) is 84.0 Å². The fourth-order valence-corrected chi connectivity index (χ4v) is 1.71. The summed E-state index contributed by atoms with van der Waals surface area (Å²) in [5, 5.41) is 13.1. The number of aromatic nitrogens is 2. The quantitative estimate of drug-likeness (QED) is 0.746. The smallest absolute Gasteiger partial charge is 0.225 e. The Morgan fingerprint density at radius 2 is 2.47 bits per heavy atom. The summed E-state index contributed by atoms with van der Waals surface area (Å²) in [6.07, 6.45) is 2.61. The number of carbonyl (C=O) groups is 2. The molecule has 2 heterocycles. The van der Waals surface area contributed by atoms with Crippen LogP contribution in [0.25, 0.3) is 0 Å². The van der Waals surface area contributed by atoms with Crippen LogP contribution >= 0.6 is 0 Å². The number of carbonyl (C=O) groups excluding carboxylic acids is 2. The van der Waals surface area contributed by atoms with E-state index < -0.39 is 0 Å². The molecule has 17 heavy (non-hydrogen) atoms. The molecule has 6 heteroatoms. The molecule has 2 N–H and O–H groups in total. The van der Waals surface area contributed by atoms with Gasteiger partial charge in [-0.05, 0) is 18.6 Å². The molecule has 1 saturated heterocycles. The molecule has 90 valence electrons. The lowest BCUT2D eigenvalue weighted by molar-refractivity contribution is -0.129. The highest BCUT2D eigenvalue weighted by Crippen LogP contribution is 2.10. The van der Waals surface area contributed by atoms with E-state index in [1.54, 1.807) is 18.3 Å². The third-order valence-corrected chi connectivity index (χ3v) is 2.71. The zero-order valence-corrected chi connectivity index (χ0v) is 9.35. The zero-order valence-electron chi connectivity index (χ0n) is 9.35. The van der Waals surface area contributed by atoms with Gasteiger partial charge in [-0.1, -0.05) is 0 Å². The monoisotopic (exact) mass is 234 g/mol. The summed E-state index contributed by atoms with van der Waals surface area (Å²) < 4.78 is 0. The normalized spacial score (nSPS) is 19.5. The van der Waals surface area contributed by atoms with Crippen molar-refractivity contribution in [2.24, 2.45) is 5.92 Å². The molecule has 2 amide bonds.